The Labute approximate surface area is 145 Å². The van der Waals surface area contributed by atoms with Gasteiger partial charge in [0.1, 0.15) is 17.4 Å². The summed E-state index contributed by atoms with van der Waals surface area (Å²) in [7, 11) is 0. The van der Waals surface area contributed by atoms with Crippen molar-refractivity contribution in [2.75, 3.05) is 0 Å². The molecule has 1 aliphatic heterocycles. The third kappa shape index (κ3) is 2.76. The monoisotopic (exact) mass is 340 g/mol. The van der Waals surface area contributed by atoms with Crippen LogP contribution in [0.5, 0.6) is 5.75 Å². The second-order valence-corrected chi connectivity index (χ2v) is 6.73. The maximum atomic E-state index is 12.4. The third-order valence-corrected chi connectivity index (χ3v) is 4.84. The van der Waals surface area contributed by atoms with Crippen molar-refractivity contribution in [1.82, 2.24) is 0 Å². The minimum atomic E-state index is -1.01. The molecule has 0 unspecified atom stereocenters. The molecule has 0 amide bonds. The summed E-state index contributed by atoms with van der Waals surface area (Å²) in [4.78, 5) is 23.7. The zero-order valence-corrected chi connectivity index (χ0v) is 14.5. The maximum absolute atomic E-state index is 12.4. The molecule has 1 N–H and O–H groups in total. The van der Waals surface area contributed by atoms with Crippen molar-refractivity contribution in [3.63, 3.8) is 0 Å². The lowest BCUT2D eigenvalue weighted by atomic mass is 9.76. The van der Waals surface area contributed by atoms with Crippen molar-refractivity contribution >= 4 is 16.9 Å². The number of carboxylic acid groups (broad SMARTS) is 1. The van der Waals surface area contributed by atoms with Crippen molar-refractivity contribution in [3.8, 4) is 5.75 Å². The van der Waals surface area contributed by atoms with Crippen molar-refractivity contribution in [3.05, 3.63) is 64.1 Å². The largest absolute Gasteiger partial charge is 0.484 e. The van der Waals surface area contributed by atoms with E-state index in [0.29, 0.717) is 23.3 Å². The lowest BCUT2D eigenvalue weighted by molar-refractivity contribution is -0.132. The van der Waals surface area contributed by atoms with Gasteiger partial charge in [-0.1, -0.05) is 25.1 Å². The molecule has 2 aromatic rings. The van der Waals surface area contributed by atoms with Crippen LogP contribution < -0.4 is 10.4 Å². The van der Waals surface area contributed by atoms with Gasteiger partial charge in [0.2, 0.25) is 0 Å². The summed E-state index contributed by atoms with van der Waals surface area (Å²) < 4.78 is 11.6. The highest BCUT2D eigenvalue weighted by Crippen LogP contribution is 2.43. The summed E-state index contributed by atoms with van der Waals surface area (Å²) in [6.45, 7) is 9.18. The lowest BCUT2D eigenvalue weighted by Gasteiger charge is -2.38. The summed E-state index contributed by atoms with van der Waals surface area (Å²) in [6, 6.07) is 5.46. The molecule has 0 fully saturated rings. The molecule has 5 nitrogen and oxygen atoms in total. The van der Waals surface area contributed by atoms with Gasteiger partial charge in [-0.2, -0.15) is 0 Å². The molecule has 0 aliphatic carbocycles. The standard InChI is InChI=1S/C20H20O5/c1-5-20(4)10-13-17(25-15(20)9-12(3)18(21)22)16-11(2)7-6-8-14(16)24-19(13)23/h5-9,15H,1,10H2,2-4H3,(H,21,22)/t15-,20-/m1/s1. The van der Waals surface area contributed by atoms with Gasteiger partial charge in [-0.15, -0.1) is 6.58 Å². The van der Waals surface area contributed by atoms with E-state index in [2.05, 4.69) is 6.58 Å². The Balaban J connectivity index is 2.27. The van der Waals surface area contributed by atoms with Crippen molar-refractivity contribution < 1.29 is 19.1 Å². The molecule has 0 spiro atoms. The lowest BCUT2D eigenvalue weighted by Crippen LogP contribution is -2.41. The number of fused-ring (bicyclic) bond motifs is 3. The van der Waals surface area contributed by atoms with Crippen LogP contribution in [0.1, 0.15) is 25.0 Å². The minimum absolute atomic E-state index is 0.186. The number of aryl methyl sites for hydroxylation is 1. The molecular formula is C20H20O5. The van der Waals surface area contributed by atoms with E-state index in [0.717, 1.165) is 10.9 Å². The van der Waals surface area contributed by atoms with E-state index in [4.69, 9.17) is 9.15 Å². The Morgan fingerprint density at radius 2 is 2.16 bits per heavy atom. The van der Waals surface area contributed by atoms with Crippen molar-refractivity contribution in [2.24, 2.45) is 5.41 Å². The Morgan fingerprint density at radius 3 is 2.80 bits per heavy atom. The molecule has 1 aromatic heterocycles. The van der Waals surface area contributed by atoms with Gasteiger partial charge in [0, 0.05) is 11.0 Å². The molecule has 1 aromatic carbocycles. The average Bonchev–Trinajstić information content (AvgIpc) is 2.56. The highest BCUT2D eigenvalue weighted by atomic mass is 16.5. The fourth-order valence-electron chi connectivity index (χ4n) is 3.16. The highest BCUT2D eigenvalue weighted by Gasteiger charge is 2.40. The SMILES string of the molecule is C=C[C@]1(C)Cc2c(c3c(C)cccc3oc2=O)O[C@@H]1C=C(C)C(=O)O. The second kappa shape index (κ2) is 5.92. The maximum Gasteiger partial charge on any atom is 0.343 e. The van der Waals surface area contributed by atoms with Crippen LogP contribution in [0.3, 0.4) is 0 Å². The Bertz CT molecular complexity index is 966. The van der Waals surface area contributed by atoms with Gasteiger partial charge >= 0.3 is 11.6 Å². The molecule has 2 heterocycles. The normalized spacial score (nSPS) is 23.0. The molecule has 0 radical (unpaired) electrons. The number of carboxylic acids is 1. The summed E-state index contributed by atoms with van der Waals surface area (Å²) in [5, 5.41) is 9.94. The quantitative estimate of drug-likeness (QED) is 0.524. The Kier molecular flexibility index (Phi) is 4.03. The predicted octanol–water partition coefficient (Wildman–Crippen LogP) is 3.63. The highest BCUT2D eigenvalue weighted by molar-refractivity contribution is 5.88. The fourth-order valence-corrected chi connectivity index (χ4v) is 3.16. The van der Waals surface area contributed by atoms with Gasteiger partial charge in [-0.25, -0.2) is 9.59 Å². The average molecular weight is 340 g/mol. The summed E-state index contributed by atoms with van der Waals surface area (Å²) >= 11 is 0. The first-order valence-corrected chi connectivity index (χ1v) is 8.04. The smallest absolute Gasteiger partial charge is 0.343 e. The number of hydrogen-bond donors (Lipinski definition) is 1. The molecule has 1 aliphatic rings. The van der Waals surface area contributed by atoms with Gasteiger partial charge < -0.3 is 14.3 Å². The fraction of sp³-hybridized carbons (Fsp3) is 0.300. The topological polar surface area (TPSA) is 76.7 Å². The van der Waals surface area contributed by atoms with Gasteiger partial charge in [0.15, 0.2) is 0 Å². The summed E-state index contributed by atoms with van der Waals surface area (Å²) in [5.41, 5.74) is 0.987. The third-order valence-electron chi connectivity index (χ3n) is 4.84. The predicted molar refractivity (Wildman–Crippen MR) is 95.0 cm³/mol. The molecule has 5 heteroatoms. The Morgan fingerprint density at radius 1 is 1.44 bits per heavy atom. The summed E-state index contributed by atoms with van der Waals surface area (Å²) in [5.74, 6) is -0.530. The molecule has 0 saturated heterocycles. The van der Waals surface area contributed by atoms with Crippen molar-refractivity contribution in [1.29, 1.82) is 0 Å². The van der Waals surface area contributed by atoms with E-state index in [1.165, 1.54) is 6.92 Å². The van der Waals surface area contributed by atoms with Gasteiger partial charge in [0.25, 0.3) is 0 Å². The van der Waals surface area contributed by atoms with Crippen LogP contribution in [-0.2, 0) is 11.2 Å². The molecule has 0 bridgehead atoms. The van der Waals surface area contributed by atoms with Crippen molar-refractivity contribution in [2.45, 2.75) is 33.3 Å². The number of benzene rings is 1. The van der Waals surface area contributed by atoms with Crippen LogP contribution in [0.15, 0.2) is 51.7 Å². The van der Waals surface area contributed by atoms with E-state index in [9.17, 15) is 14.7 Å². The zero-order valence-electron chi connectivity index (χ0n) is 14.5. The van der Waals surface area contributed by atoms with E-state index < -0.39 is 23.1 Å². The van der Waals surface area contributed by atoms with Crippen LogP contribution in [0.4, 0.5) is 0 Å². The van der Waals surface area contributed by atoms with Crippen LogP contribution in [-0.4, -0.2) is 17.2 Å². The van der Waals surface area contributed by atoms with E-state index in [1.54, 1.807) is 18.2 Å². The number of aliphatic carboxylic acids is 1. The molecule has 3 rings (SSSR count). The Hall–Kier alpha value is -2.82. The molecule has 0 saturated carbocycles. The van der Waals surface area contributed by atoms with Gasteiger partial charge in [-0.3, -0.25) is 0 Å². The number of hydrogen-bond acceptors (Lipinski definition) is 4. The van der Waals surface area contributed by atoms with E-state index in [-0.39, 0.29) is 5.57 Å². The van der Waals surface area contributed by atoms with Crippen LogP contribution in [0.25, 0.3) is 11.0 Å². The van der Waals surface area contributed by atoms with Gasteiger partial charge in [0.05, 0.1) is 10.9 Å². The van der Waals surface area contributed by atoms with Crippen LogP contribution in [0.2, 0.25) is 0 Å². The van der Waals surface area contributed by atoms with E-state index >= 15 is 0 Å². The van der Waals surface area contributed by atoms with E-state index in [1.807, 2.05) is 26.0 Å². The number of ether oxygens (including phenoxy) is 1. The minimum Gasteiger partial charge on any atom is -0.484 e. The van der Waals surface area contributed by atoms with Crippen LogP contribution in [0, 0.1) is 12.3 Å². The first-order chi connectivity index (χ1) is 11.8. The number of rotatable bonds is 3. The number of carbonyl (C=O) groups is 1. The molecule has 2 atom stereocenters. The summed E-state index contributed by atoms with van der Waals surface area (Å²) in [6.07, 6.45) is 3.10. The molecule has 25 heavy (non-hydrogen) atoms. The first-order valence-electron chi connectivity index (χ1n) is 8.04. The van der Waals surface area contributed by atoms with Gasteiger partial charge in [-0.05, 0) is 38.0 Å². The molecular weight excluding hydrogens is 320 g/mol. The zero-order chi connectivity index (χ0) is 18.4. The molecule has 130 valence electrons. The second-order valence-electron chi connectivity index (χ2n) is 6.73. The first kappa shape index (κ1) is 17.0. The van der Waals surface area contributed by atoms with Crippen LogP contribution >= 0.6 is 0 Å².